The first-order valence-electron chi connectivity index (χ1n) is 9.91. The Balaban J connectivity index is 1.79. The minimum atomic E-state index is -0.175. The molecule has 2 N–H and O–H groups in total. The molecular weight excluding hydrogens is 351 g/mol. The highest BCUT2D eigenvalue weighted by molar-refractivity contribution is 5.44. The second kappa shape index (κ2) is 7.67. The van der Waals surface area contributed by atoms with Crippen molar-refractivity contribution >= 4 is 0 Å². The van der Waals surface area contributed by atoms with Crippen LogP contribution in [-0.2, 0) is 12.8 Å². The maximum absolute atomic E-state index is 14.4. The number of fused-ring (bicyclic) bond motifs is 1. The number of phenolic OH excluding ortho intramolecular Hbond substituents is 2. The highest BCUT2D eigenvalue weighted by atomic mass is 19.1. The third-order valence-electron chi connectivity index (χ3n) is 6.19. The lowest BCUT2D eigenvalue weighted by atomic mass is 9.64. The summed E-state index contributed by atoms with van der Waals surface area (Å²) in [5.41, 5.74) is 4.25. The number of rotatable bonds is 4. The van der Waals surface area contributed by atoms with Crippen molar-refractivity contribution in [2.75, 3.05) is 0 Å². The van der Waals surface area contributed by atoms with E-state index in [1.54, 1.807) is 24.3 Å². The molecule has 3 aromatic rings. The first-order valence-corrected chi connectivity index (χ1v) is 9.91. The minimum Gasteiger partial charge on any atom is -0.508 e. The molecule has 0 amide bonds. The van der Waals surface area contributed by atoms with Crippen LogP contribution in [0.2, 0.25) is 0 Å². The van der Waals surface area contributed by atoms with Crippen LogP contribution in [-0.4, -0.2) is 10.2 Å². The molecule has 1 aliphatic carbocycles. The molecule has 0 saturated carbocycles. The maximum atomic E-state index is 14.4. The zero-order valence-electron chi connectivity index (χ0n) is 16.0. The van der Waals surface area contributed by atoms with Crippen molar-refractivity contribution in [3.63, 3.8) is 0 Å². The third-order valence-corrected chi connectivity index (χ3v) is 6.19. The van der Waals surface area contributed by atoms with E-state index in [9.17, 15) is 14.6 Å². The third kappa shape index (κ3) is 3.49. The molecule has 3 atom stereocenters. The lowest BCUT2D eigenvalue weighted by Crippen LogP contribution is -2.29. The normalized spacial score (nSPS) is 21.3. The summed E-state index contributed by atoms with van der Waals surface area (Å²) >= 11 is 0. The molecule has 0 aromatic heterocycles. The molecule has 28 heavy (non-hydrogen) atoms. The largest absolute Gasteiger partial charge is 0.508 e. The average Bonchev–Trinajstić information content (AvgIpc) is 2.70. The lowest BCUT2D eigenvalue weighted by molar-refractivity contribution is 0.309. The van der Waals surface area contributed by atoms with Gasteiger partial charge in [-0.1, -0.05) is 49.7 Å². The zero-order valence-corrected chi connectivity index (χ0v) is 16.0. The highest BCUT2D eigenvalue weighted by Crippen LogP contribution is 2.48. The van der Waals surface area contributed by atoms with Crippen molar-refractivity contribution in [2.24, 2.45) is 5.92 Å². The van der Waals surface area contributed by atoms with Crippen LogP contribution in [0.15, 0.2) is 66.7 Å². The Morgan fingerprint density at radius 3 is 2.36 bits per heavy atom. The topological polar surface area (TPSA) is 40.5 Å². The van der Waals surface area contributed by atoms with Crippen molar-refractivity contribution in [2.45, 2.75) is 38.0 Å². The van der Waals surface area contributed by atoms with Crippen LogP contribution < -0.4 is 0 Å². The average molecular weight is 376 g/mol. The molecule has 1 aliphatic rings. The van der Waals surface area contributed by atoms with Gasteiger partial charge < -0.3 is 10.2 Å². The van der Waals surface area contributed by atoms with Crippen LogP contribution in [0, 0.1) is 11.7 Å². The van der Waals surface area contributed by atoms with E-state index in [0.29, 0.717) is 23.8 Å². The number of hydrogen-bond acceptors (Lipinski definition) is 2. The molecule has 0 radical (unpaired) electrons. The summed E-state index contributed by atoms with van der Waals surface area (Å²) in [6, 6.07) is 20.0. The molecule has 144 valence electrons. The van der Waals surface area contributed by atoms with Crippen molar-refractivity contribution in [1.82, 2.24) is 0 Å². The highest BCUT2D eigenvalue weighted by Gasteiger charge is 2.37. The Hall–Kier alpha value is -2.81. The summed E-state index contributed by atoms with van der Waals surface area (Å²) < 4.78 is 14.4. The molecule has 0 fully saturated rings. The van der Waals surface area contributed by atoms with E-state index in [-0.39, 0.29) is 23.2 Å². The predicted molar refractivity (Wildman–Crippen MR) is 109 cm³/mol. The molecule has 3 aromatic carbocycles. The predicted octanol–water partition coefficient (Wildman–Crippen LogP) is 5.93. The van der Waals surface area contributed by atoms with Crippen molar-refractivity contribution < 1.29 is 14.6 Å². The molecule has 0 spiro atoms. The van der Waals surface area contributed by atoms with Gasteiger partial charge >= 0.3 is 0 Å². The van der Waals surface area contributed by atoms with E-state index in [1.807, 2.05) is 36.4 Å². The molecule has 2 nitrogen and oxygen atoms in total. The van der Waals surface area contributed by atoms with Crippen LogP contribution in [0.4, 0.5) is 4.39 Å². The molecule has 0 heterocycles. The summed E-state index contributed by atoms with van der Waals surface area (Å²) in [4.78, 5) is 0. The molecule has 4 rings (SSSR count). The lowest BCUT2D eigenvalue weighted by Gasteiger charge is -2.40. The number of phenols is 2. The van der Waals surface area contributed by atoms with E-state index in [4.69, 9.17) is 0 Å². The molecule has 0 aliphatic heterocycles. The van der Waals surface area contributed by atoms with E-state index in [0.717, 1.165) is 18.4 Å². The zero-order chi connectivity index (χ0) is 19.7. The van der Waals surface area contributed by atoms with Gasteiger partial charge in [0.1, 0.15) is 17.3 Å². The van der Waals surface area contributed by atoms with E-state index >= 15 is 0 Å². The number of aromatic hydroxyl groups is 2. The first-order chi connectivity index (χ1) is 13.6. The first kappa shape index (κ1) is 18.5. The van der Waals surface area contributed by atoms with Crippen molar-refractivity contribution in [3.05, 3.63) is 94.8 Å². The number of hydrogen-bond donors (Lipinski definition) is 2. The van der Waals surface area contributed by atoms with Gasteiger partial charge in [0.25, 0.3) is 0 Å². The number of halogens is 1. The Labute approximate surface area is 165 Å². The van der Waals surface area contributed by atoms with Crippen LogP contribution >= 0.6 is 0 Å². The van der Waals surface area contributed by atoms with Gasteiger partial charge in [-0.2, -0.15) is 0 Å². The number of benzene rings is 3. The Morgan fingerprint density at radius 1 is 0.929 bits per heavy atom. The van der Waals surface area contributed by atoms with Crippen LogP contribution in [0.1, 0.15) is 47.4 Å². The molecule has 0 bridgehead atoms. The smallest absolute Gasteiger partial charge is 0.126 e. The van der Waals surface area contributed by atoms with E-state index in [1.165, 1.54) is 17.2 Å². The maximum Gasteiger partial charge on any atom is 0.126 e. The van der Waals surface area contributed by atoms with Crippen molar-refractivity contribution in [3.8, 4) is 11.5 Å². The summed E-state index contributed by atoms with van der Waals surface area (Å²) in [6.45, 7) is 2.18. The van der Waals surface area contributed by atoms with Gasteiger partial charge in [0.05, 0.1) is 0 Å². The Kier molecular flexibility index (Phi) is 5.08. The minimum absolute atomic E-state index is 0.122. The standard InChI is InChI=1S/C25H25FO2/c1-2-21-22(16-7-10-19(27)11-8-16)13-17-9-12-20(28)15-23(17)24(21)14-18-5-3-4-6-25(18)26/h3-12,15,21-22,24,27-28H,2,13-14H2,1H3/t21?,22-,24+/m1/s1. The summed E-state index contributed by atoms with van der Waals surface area (Å²) in [6.07, 6.45) is 2.45. The molecule has 3 heteroatoms. The van der Waals surface area contributed by atoms with Gasteiger partial charge in [-0.25, -0.2) is 4.39 Å². The van der Waals surface area contributed by atoms with E-state index in [2.05, 4.69) is 6.92 Å². The van der Waals surface area contributed by atoms with Crippen molar-refractivity contribution in [1.29, 1.82) is 0 Å². The quantitative estimate of drug-likeness (QED) is 0.592. The van der Waals surface area contributed by atoms with Gasteiger partial charge in [-0.15, -0.1) is 0 Å². The van der Waals surface area contributed by atoms with Gasteiger partial charge in [0.15, 0.2) is 0 Å². The Morgan fingerprint density at radius 2 is 1.64 bits per heavy atom. The van der Waals surface area contributed by atoms with Gasteiger partial charge in [-0.3, -0.25) is 0 Å². The molecule has 0 saturated heterocycles. The van der Waals surface area contributed by atoms with Gasteiger partial charge in [0, 0.05) is 0 Å². The monoisotopic (exact) mass is 376 g/mol. The van der Waals surface area contributed by atoms with Crippen LogP contribution in [0.25, 0.3) is 0 Å². The summed E-state index contributed by atoms with van der Waals surface area (Å²) in [5.74, 6) is 1.08. The van der Waals surface area contributed by atoms with Gasteiger partial charge in [-0.05, 0) is 83.2 Å². The summed E-state index contributed by atoms with van der Waals surface area (Å²) in [5, 5.41) is 19.8. The Bertz CT molecular complexity index is 965. The SMILES string of the molecule is CCC1[C@@H](c2ccc(O)cc2)Cc2ccc(O)cc2[C@H]1Cc1ccccc1F. The fourth-order valence-electron chi connectivity index (χ4n) is 4.83. The fraction of sp³-hybridized carbons (Fsp3) is 0.280. The molecule has 1 unspecified atom stereocenters. The summed E-state index contributed by atoms with van der Waals surface area (Å²) in [7, 11) is 0. The second-order valence-electron chi connectivity index (χ2n) is 7.76. The van der Waals surface area contributed by atoms with Crippen LogP contribution in [0.3, 0.4) is 0 Å². The van der Waals surface area contributed by atoms with Crippen LogP contribution in [0.5, 0.6) is 11.5 Å². The second-order valence-corrected chi connectivity index (χ2v) is 7.76. The van der Waals surface area contributed by atoms with Gasteiger partial charge in [0.2, 0.25) is 0 Å². The van der Waals surface area contributed by atoms with E-state index < -0.39 is 0 Å². The molecular formula is C25H25FO2. The fourth-order valence-corrected chi connectivity index (χ4v) is 4.83.